The van der Waals surface area contributed by atoms with Crippen molar-refractivity contribution >= 4 is 5.91 Å². The van der Waals surface area contributed by atoms with Crippen LogP contribution in [-0.4, -0.2) is 34.2 Å². The van der Waals surface area contributed by atoms with Gasteiger partial charge in [0.2, 0.25) is 5.91 Å². The van der Waals surface area contributed by atoms with E-state index in [1.54, 1.807) is 19.6 Å². The molecule has 7 nitrogen and oxygen atoms in total. The van der Waals surface area contributed by atoms with E-state index < -0.39 is 6.10 Å². The Hall–Kier alpha value is -3.19. The fourth-order valence-electron chi connectivity index (χ4n) is 6.79. The highest BCUT2D eigenvalue weighted by atomic mass is 16.5. The maximum atomic E-state index is 13.5. The highest BCUT2D eigenvalue weighted by Gasteiger charge is 2.37. The van der Waals surface area contributed by atoms with Gasteiger partial charge in [-0.05, 0) is 87.1 Å². The zero-order chi connectivity index (χ0) is 27.6. The van der Waals surface area contributed by atoms with Crippen molar-refractivity contribution < 1.29 is 19.1 Å². The van der Waals surface area contributed by atoms with Gasteiger partial charge in [0, 0.05) is 29.5 Å². The minimum atomic E-state index is -0.500. The van der Waals surface area contributed by atoms with Gasteiger partial charge in [0.05, 0.1) is 24.9 Å². The average Bonchev–Trinajstić information content (AvgIpc) is 3.72. The molecule has 4 atom stereocenters. The molecule has 40 heavy (non-hydrogen) atoms. The second-order valence-corrected chi connectivity index (χ2v) is 12.1. The van der Waals surface area contributed by atoms with Crippen LogP contribution in [0.3, 0.4) is 0 Å². The lowest BCUT2D eigenvalue weighted by Crippen LogP contribution is -2.41. The number of aliphatic hydroxyl groups excluding tert-OH is 1. The van der Waals surface area contributed by atoms with Crippen LogP contribution in [0.15, 0.2) is 47.2 Å². The van der Waals surface area contributed by atoms with Crippen molar-refractivity contribution in [3.63, 3.8) is 0 Å². The predicted octanol–water partition coefficient (Wildman–Crippen LogP) is 6.61. The maximum Gasteiger partial charge on any atom is 0.223 e. The molecule has 0 aliphatic heterocycles. The number of nitrogens with zero attached hydrogens (tertiary/aromatic N) is 2. The number of methoxy groups -OCH3 is 1. The second-order valence-electron chi connectivity index (χ2n) is 12.1. The molecule has 2 aromatic heterocycles. The Morgan fingerprint density at radius 2 is 1.90 bits per heavy atom. The van der Waals surface area contributed by atoms with Gasteiger partial charge in [-0.1, -0.05) is 31.4 Å². The van der Waals surface area contributed by atoms with Crippen molar-refractivity contribution in [1.82, 2.24) is 15.3 Å². The Morgan fingerprint density at radius 1 is 1.07 bits per heavy atom. The minimum Gasteiger partial charge on any atom is -0.496 e. The number of amides is 1. The van der Waals surface area contributed by atoms with E-state index in [1.807, 2.05) is 25.1 Å². The fraction of sp³-hybridized carbons (Fsp3) is 0.545. The number of pyridine rings is 1. The van der Waals surface area contributed by atoms with E-state index in [4.69, 9.17) is 19.1 Å². The molecule has 7 heteroatoms. The standard InChI is InChI=1S/C33H41N3O4/c1-20-16-23(11-13-30(20)39-2)26-12-10-25(18-29(26)37)31(36-32(38)21-6-4-3-5-7-21)27-17-24(14-15-34-27)28-19-40-33(35-28)22-8-9-22/h11,13-17,19,21-22,25-26,29,31,37H,3-10,12,18H2,1-2H3,(H,36,38). The SMILES string of the molecule is COc1ccc(C2CCC(C(NC(=O)C3CCCCC3)c3cc(-c4coc(C5CC5)n4)ccn3)CC2O)cc1C. The summed E-state index contributed by atoms with van der Waals surface area (Å²) in [5.41, 5.74) is 4.80. The molecule has 4 unspecified atom stereocenters. The van der Waals surface area contributed by atoms with Gasteiger partial charge < -0.3 is 19.6 Å². The summed E-state index contributed by atoms with van der Waals surface area (Å²) in [4.78, 5) is 23.0. The van der Waals surface area contributed by atoms with Crippen LogP contribution in [0.2, 0.25) is 0 Å². The number of nitrogens with one attached hydrogen (secondary N) is 1. The zero-order valence-electron chi connectivity index (χ0n) is 23.6. The Labute approximate surface area is 236 Å². The molecular weight excluding hydrogens is 502 g/mol. The van der Waals surface area contributed by atoms with Crippen LogP contribution in [0.25, 0.3) is 11.3 Å². The number of hydrogen-bond acceptors (Lipinski definition) is 6. The molecule has 0 radical (unpaired) electrons. The highest BCUT2D eigenvalue weighted by molar-refractivity contribution is 5.79. The molecule has 3 aromatic rings. The first-order chi connectivity index (χ1) is 19.5. The van der Waals surface area contributed by atoms with Crippen LogP contribution in [0.4, 0.5) is 0 Å². The van der Waals surface area contributed by atoms with Gasteiger partial charge in [0.25, 0.3) is 0 Å². The molecule has 0 spiro atoms. The van der Waals surface area contributed by atoms with Crippen LogP contribution in [0.1, 0.15) is 105 Å². The summed E-state index contributed by atoms with van der Waals surface area (Å²) in [6.45, 7) is 2.04. The molecule has 1 aromatic carbocycles. The fourth-order valence-corrected chi connectivity index (χ4v) is 6.79. The zero-order valence-corrected chi connectivity index (χ0v) is 23.6. The number of benzene rings is 1. The van der Waals surface area contributed by atoms with Crippen molar-refractivity contribution in [3.8, 4) is 17.0 Å². The Balaban J connectivity index is 1.24. The number of aromatic nitrogens is 2. The number of oxazole rings is 1. The van der Waals surface area contributed by atoms with Crippen LogP contribution in [-0.2, 0) is 4.79 Å². The number of aliphatic hydroxyl groups is 1. The highest BCUT2D eigenvalue weighted by Crippen LogP contribution is 2.43. The molecule has 3 fully saturated rings. The van der Waals surface area contributed by atoms with Gasteiger partial charge in [-0.25, -0.2) is 4.98 Å². The van der Waals surface area contributed by atoms with E-state index in [0.29, 0.717) is 12.3 Å². The molecule has 0 saturated heterocycles. The third-order valence-electron chi connectivity index (χ3n) is 9.29. The Kier molecular flexibility index (Phi) is 7.92. The van der Waals surface area contributed by atoms with Crippen LogP contribution < -0.4 is 10.1 Å². The van der Waals surface area contributed by atoms with Gasteiger partial charge in [0.15, 0.2) is 5.89 Å². The van der Waals surface area contributed by atoms with Crippen molar-refractivity contribution in [2.24, 2.45) is 11.8 Å². The minimum absolute atomic E-state index is 0.0552. The summed E-state index contributed by atoms with van der Waals surface area (Å²) in [6.07, 6.45) is 13.0. The molecule has 3 aliphatic carbocycles. The molecule has 0 bridgehead atoms. The topological polar surface area (TPSA) is 97.5 Å². The van der Waals surface area contributed by atoms with Crippen LogP contribution in [0.5, 0.6) is 5.75 Å². The largest absolute Gasteiger partial charge is 0.496 e. The number of hydrogen-bond donors (Lipinski definition) is 2. The lowest BCUT2D eigenvalue weighted by molar-refractivity contribution is -0.127. The Morgan fingerprint density at radius 3 is 2.62 bits per heavy atom. The normalized spacial score (nSPS) is 24.4. The van der Waals surface area contributed by atoms with E-state index in [1.165, 1.54) is 6.42 Å². The first-order valence-corrected chi connectivity index (χ1v) is 15.0. The van der Waals surface area contributed by atoms with Gasteiger partial charge in [-0.3, -0.25) is 9.78 Å². The van der Waals surface area contributed by atoms with Crippen LogP contribution >= 0.6 is 0 Å². The van der Waals surface area contributed by atoms with E-state index in [0.717, 1.165) is 91.1 Å². The third kappa shape index (κ3) is 5.80. The molecule has 2 N–H and O–H groups in total. The van der Waals surface area contributed by atoms with E-state index in [-0.39, 0.29) is 29.7 Å². The number of carbonyl (C=O) groups is 1. The summed E-state index contributed by atoms with van der Waals surface area (Å²) in [7, 11) is 1.68. The average molecular weight is 544 g/mol. The lowest BCUT2D eigenvalue weighted by Gasteiger charge is -2.38. The summed E-state index contributed by atoms with van der Waals surface area (Å²) in [6, 6.07) is 9.93. The first-order valence-electron chi connectivity index (χ1n) is 15.0. The van der Waals surface area contributed by atoms with E-state index in [2.05, 4.69) is 17.4 Å². The van der Waals surface area contributed by atoms with E-state index in [9.17, 15) is 9.90 Å². The van der Waals surface area contributed by atoms with Crippen molar-refractivity contribution in [2.45, 2.75) is 95.1 Å². The maximum absolute atomic E-state index is 13.5. The smallest absolute Gasteiger partial charge is 0.223 e. The van der Waals surface area contributed by atoms with Crippen LogP contribution in [0, 0.1) is 18.8 Å². The molecule has 2 heterocycles. The second kappa shape index (κ2) is 11.7. The van der Waals surface area contributed by atoms with Crippen molar-refractivity contribution in [3.05, 3.63) is 65.5 Å². The summed E-state index contributed by atoms with van der Waals surface area (Å²) in [5, 5.41) is 14.8. The number of aryl methyl sites for hydroxylation is 1. The predicted molar refractivity (Wildman–Crippen MR) is 153 cm³/mol. The Bertz CT molecular complexity index is 1330. The monoisotopic (exact) mass is 543 g/mol. The van der Waals surface area contributed by atoms with Gasteiger partial charge in [-0.2, -0.15) is 0 Å². The van der Waals surface area contributed by atoms with Gasteiger partial charge in [-0.15, -0.1) is 0 Å². The van der Waals surface area contributed by atoms with Crippen molar-refractivity contribution in [2.75, 3.05) is 7.11 Å². The van der Waals surface area contributed by atoms with Gasteiger partial charge in [0.1, 0.15) is 17.7 Å². The molecular formula is C33H41N3O4. The third-order valence-corrected chi connectivity index (χ3v) is 9.29. The molecule has 6 rings (SSSR count). The lowest BCUT2D eigenvalue weighted by atomic mass is 9.73. The number of carbonyl (C=O) groups excluding carboxylic acids is 1. The first kappa shape index (κ1) is 27.0. The summed E-state index contributed by atoms with van der Waals surface area (Å²) in [5.74, 6) is 2.44. The summed E-state index contributed by atoms with van der Waals surface area (Å²) >= 11 is 0. The molecule has 3 saturated carbocycles. The number of ether oxygens (including phenoxy) is 1. The number of rotatable bonds is 8. The quantitative estimate of drug-likeness (QED) is 0.332. The van der Waals surface area contributed by atoms with E-state index >= 15 is 0 Å². The molecule has 212 valence electrons. The van der Waals surface area contributed by atoms with Crippen molar-refractivity contribution in [1.29, 1.82) is 0 Å². The molecule has 1 amide bonds. The van der Waals surface area contributed by atoms with Gasteiger partial charge >= 0.3 is 0 Å². The molecule has 3 aliphatic rings. The summed E-state index contributed by atoms with van der Waals surface area (Å²) < 4.78 is 11.2.